The molecule has 0 amide bonds. The van der Waals surface area contributed by atoms with Gasteiger partial charge < -0.3 is 9.11 Å². The maximum absolute atomic E-state index is 13.4. The Labute approximate surface area is 187 Å². The van der Waals surface area contributed by atoms with Crippen LogP contribution in [0.15, 0.2) is 75.8 Å². The summed E-state index contributed by atoms with van der Waals surface area (Å²) in [4.78, 5) is 0.934. The van der Waals surface area contributed by atoms with Crippen molar-refractivity contribution in [1.29, 1.82) is 0 Å². The molecule has 0 radical (unpaired) electrons. The van der Waals surface area contributed by atoms with Gasteiger partial charge in [0.05, 0.1) is 13.1 Å². The normalized spacial score (nSPS) is 15.8. The van der Waals surface area contributed by atoms with Gasteiger partial charge in [0, 0.05) is 24.0 Å². The van der Waals surface area contributed by atoms with Crippen molar-refractivity contribution < 1.29 is 17.5 Å². The third kappa shape index (κ3) is 5.06. The standard InChI is InChI=1S/C20H21ClN2O4S3/c1-22(2)29(24,25)18-9-11-19(12-10-18)30(26,27)23(15-17-7-5-13-28-17)14-16-6-3-4-8-20(16)21/h3-13H,14-15H2,1-2H3. The van der Waals surface area contributed by atoms with Crippen LogP contribution in [0.3, 0.4) is 0 Å². The maximum Gasteiger partial charge on any atom is 0.175 e. The van der Waals surface area contributed by atoms with Crippen LogP contribution >= 0.6 is 22.9 Å². The number of benzene rings is 2. The Hall–Kier alpha value is -1.43. The Kier molecular flexibility index (Phi) is 7.26. The molecule has 2 unspecified atom stereocenters. The molecule has 1 aromatic heterocycles. The van der Waals surface area contributed by atoms with Crippen LogP contribution in [0.4, 0.5) is 0 Å². The van der Waals surface area contributed by atoms with E-state index in [1.54, 1.807) is 24.3 Å². The second-order valence-electron chi connectivity index (χ2n) is 6.70. The molecular formula is C20H21ClN2O4S3. The molecule has 0 bridgehead atoms. The summed E-state index contributed by atoms with van der Waals surface area (Å²) in [5.41, 5.74) is 0.686. The van der Waals surface area contributed by atoms with Gasteiger partial charge in [-0.25, -0.2) is 0 Å². The van der Waals surface area contributed by atoms with Crippen molar-refractivity contribution in [1.82, 2.24) is 8.61 Å². The van der Waals surface area contributed by atoms with Crippen molar-refractivity contribution in [3.8, 4) is 0 Å². The van der Waals surface area contributed by atoms with E-state index in [0.29, 0.717) is 10.6 Å². The van der Waals surface area contributed by atoms with Crippen LogP contribution in [0.1, 0.15) is 10.4 Å². The topological polar surface area (TPSA) is 86.7 Å². The SMILES string of the molecule is CN(C)[S+](=O)([O-])c1ccc([S+](=O)([O-])N(Cc2cccs2)Cc2ccccc2Cl)cc1. The highest BCUT2D eigenvalue weighted by atomic mass is 35.5. The fourth-order valence-electron chi connectivity index (χ4n) is 2.76. The van der Waals surface area contributed by atoms with Crippen LogP contribution in [0, 0.1) is 0 Å². The summed E-state index contributed by atoms with van der Waals surface area (Å²) in [5.74, 6) is 0. The summed E-state index contributed by atoms with van der Waals surface area (Å²) < 4.78 is 53.8. The second-order valence-corrected chi connectivity index (χ2v) is 12.2. The molecule has 0 saturated carbocycles. The second kappa shape index (κ2) is 9.37. The van der Waals surface area contributed by atoms with Gasteiger partial charge in [0.2, 0.25) is 0 Å². The monoisotopic (exact) mass is 484 g/mol. The van der Waals surface area contributed by atoms with Gasteiger partial charge in [-0.1, -0.05) is 44.3 Å². The van der Waals surface area contributed by atoms with Gasteiger partial charge in [0.25, 0.3) is 0 Å². The molecule has 6 nitrogen and oxygen atoms in total. The molecule has 0 aliphatic rings. The lowest BCUT2D eigenvalue weighted by atomic mass is 10.2. The molecule has 0 aliphatic carbocycles. The number of hydrogen-bond acceptors (Lipinski definition) is 5. The molecule has 2 aromatic carbocycles. The summed E-state index contributed by atoms with van der Waals surface area (Å²) in [6, 6.07) is 16.1. The lowest BCUT2D eigenvalue weighted by Gasteiger charge is -2.27. The molecule has 3 rings (SSSR count). The lowest BCUT2D eigenvalue weighted by molar-refractivity contribution is 0.346. The van der Waals surface area contributed by atoms with Crippen LogP contribution in [0.2, 0.25) is 5.02 Å². The van der Waals surface area contributed by atoms with E-state index in [9.17, 15) is 17.5 Å². The average Bonchev–Trinajstić information content (AvgIpc) is 3.22. The molecule has 2 atom stereocenters. The molecular weight excluding hydrogens is 464 g/mol. The van der Waals surface area contributed by atoms with Gasteiger partial charge in [0.15, 0.2) is 30.6 Å². The maximum atomic E-state index is 13.4. The van der Waals surface area contributed by atoms with E-state index in [0.717, 1.165) is 9.18 Å². The van der Waals surface area contributed by atoms with Crippen molar-refractivity contribution in [2.45, 2.75) is 22.9 Å². The fourth-order valence-corrected chi connectivity index (χ4v) is 6.06. The van der Waals surface area contributed by atoms with E-state index in [2.05, 4.69) is 0 Å². The Morgan fingerprint density at radius 2 is 1.47 bits per heavy atom. The highest BCUT2D eigenvalue weighted by molar-refractivity contribution is 7.95. The molecule has 0 spiro atoms. The Bertz CT molecular complexity index is 1090. The molecule has 30 heavy (non-hydrogen) atoms. The minimum atomic E-state index is -3.90. The third-order valence-electron chi connectivity index (χ3n) is 4.46. The molecule has 160 valence electrons. The fraction of sp³-hybridized carbons (Fsp3) is 0.200. The number of thiophene rings is 1. The summed E-state index contributed by atoms with van der Waals surface area (Å²) in [6.07, 6.45) is 0. The summed E-state index contributed by atoms with van der Waals surface area (Å²) in [7, 11) is -4.70. The number of rotatable bonds is 8. The number of halogens is 1. The average molecular weight is 485 g/mol. The summed E-state index contributed by atoms with van der Waals surface area (Å²) in [6.45, 7) is 0.278. The van der Waals surface area contributed by atoms with E-state index < -0.39 is 20.8 Å². The minimum absolute atomic E-state index is 0.0174. The van der Waals surface area contributed by atoms with Crippen molar-refractivity contribution in [2.24, 2.45) is 0 Å². The van der Waals surface area contributed by atoms with Gasteiger partial charge in [-0.3, -0.25) is 0 Å². The predicted octanol–water partition coefficient (Wildman–Crippen LogP) is 4.47. The Balaban J connectivity index is 1.95. The van der Waals surface area contributed by atoms with Crippen LogP contribution in [-0.4, -0.2) is 31.8 Å². The van der Waals surface area contributed by atoms with Crippen LogP contribution in [0.5, 0.6) is 0 Å². The van der Waals surface area contributed by atoms with E-state index >= 15 is 0 Å². The number of sulfonamides is 2. The predicted molar refractivity (Wildman–Crippen MR) is 119 cm³/mol. The number of nitrogens with zero attached hydrogens (tertiary/aromatic N) is 2. The minimum Gasteiger partial charge on any atom is -0.593 e. The zero-order chi connectivity index (χ0) is 21.9. The van der Waals surface area contributed by atoms with Crippen molar-refractivity contribution in [3.63, 3.8) is 0 Å². The summed E-state index contributed by atoms with van der Waals surface area (Å²) in [5, 5.41) is 2.37. The van der Waals surface area contributed by atoms with Crippen LogP contribution in [-0.2, 0) is 42.3 Å². The quantitative estimate of drug-likeness (QED) is 0.441. The van der Waals surface area contributed by atoms with Gasteiger partial charge in [-0.05, 0) is 47.3 Å². The smallest absolute Gasteiger partial charge is 0.175 e. The first kappa shape index (κ1) is 23.2. The highest BCUT2D eigenvalue weighted by Crippen LogP contribution is 2.30. The van der Waals surface area contributed by atoms with E-state index in [-0.39, 0.29) is 22.9 Å². The molecule has 3 aromatic rings. The van der Waals surface area contributed by atoms with Gasteiger partial charge in [-0.15, -0.1) is 19.9 Å². The molecule has 0 N–H and O–H groups in total. The highest BCUT2D eigenvalue weighted by Gasteiger charge is 2.33. The largest absolute Gasteiger partial charge is 0.593 e. The van der Waals surface area contributed by atoms with Gasteiger partial charge >= 0.3 is 0 Å². The van der Waals surface area contributed by atoms with Crippen LogP contribution in [0.25, 0.3) is 0 Å². The molecule has 0 aliphatic heterocycles. The first-order valence-electron chi connectivity index (χ1n) is 8.91. The zero-order valence-corrected chi connectivity index (χ0v) is 19.6. The van der Waals surface area contributed by atoms with Crippen molar-refractivity contribution in [2.75, 3.05) is 14.1 Å². The lowest BCUT2D eigenvalue weighted by Crippen LogP contribution is -2.35. The number of hydrogen-bond donors (Lipinski definition) is 0. The first-order valence-corrected chi connectivity index (χ1v) is 13.0. The molecule has 1 heterocycles. The Morgan fingerprint density at radius 1 is 0.867 bits per heavy atom. The van der Waals surface area contributed by atoms with E-state index in [1.807, 2.05) is 17.5 Å². The van der Waals surface area contributed by atoms with E-state index in [4.69, 9.17) is 11.6 Å². The van der Waals surface area contributed by atoms with E-state index in [1.165, 1.54) is 54.0 Å². The van der Waals surface area contributed by atoms with Crippen molar-refractivity contribution >= 4 is 43.7 Å². The van der Waals surface area contributed by atoms with Crippen LogP contribution < -0.4 is 0 Å². The Morgan fingerprint density at radius 3 is 2.00 bits per heavy atom. The van der Waals surface area contributed by atoms with Gasteiger partial charge in [-0.2, -0.15) is 0 Å². The third-order valence-corrected chi connectivity index (χ3v) is 9.32. The van der Waals surface area contributed by atoms with Crippen molar-refractivity contribution in [3.05, 3.63) is 81.5 Å². The molecule has 0 saturated heterocycles. The molecule has 10 heteroatoms. The summed E-state index contributed by atoms with van der Waals surface area (Å²) >= 11 is 7.72. The first-order chi connectivity index (χ1) is 14.1. The molecule has 0 fully saturated rings. The van der Waals surface area contributed by atoms with Gasteiger partial charge in [0.1, 0.15) is 0 Å². The zero-order valence-electron chi connectivity index (χ0n) is 16.4.